The third-order valence-electron chi connectivity index (χ3n) is 5.23. The van der Waals surface area contributed by atoms with Gasteiger partial charge in [0.25, 0.3) is 0 Å². The van der Waals surface area contributed by atoms with E-state index in [1.54, 1.807) is 13.0 Å². The van der Waals surface area contributed by atoms with Gasteiger partial charge >= 0.3 is 0 Å². The highest BCUT2D eigenvalue weighted by Gasteiger charge is 2.16. The van der Waals surface area contributed by atoms with Crippen LogP contribution < -0.4 is 16.4 Å². The first-order valence-corrected chi connectivity index (χ1v) is 12.0. The Kier molecular flexibility index (Phi) is 14.0. The summed E-state index contributed by atoms with van der Waals surface area (Å²) in [4.78, 5) is 6.41. The van der Waals surface area contributed by atoms with Gasteiger partial charge in [-0.15, -0.1) is 0 Å². The zero-order valence-electron chi connectivity index (χ0n) is 21.3. The molecule has 0 amide bonds. The van der Waals surface area contributed by atoms with Crippen molar-refractivity contribution in [2.75, 3.05) is 19.8 Å². The smallest absolute Gasteiger partial charge is 0.126 e. The molecule has 1 aromatic rings. The quantitative estimate of drug-likeness (QED) is 0.258. The molecule has 1 aliphatic heterocycles. The van der Waals surface area contributed by atoms with E-state index in [-0.39, 0.29) is 5.82 Å². The molecule has 5 nitrogen and oxygen atoms in total. The molecule has 0 aromatic heterocycles. The number of allylic oxidation sites excluding steroid dienone is 3. The first kappa shape index (κ1) is 28.9. The maximum Gasteiger partial charge on any atom is 0.126 e. The van der Waals surface area contributed by atoms with Crippen LogP contribution in [0.1, 0.15) is 51.2 Å². The van der Waals surface area contributed by atoms with Crippen LogP contribution in [0.2, 0.25) is 0 Å². The minimum absolute atomic E-state index is 0.181. The standard InChI is InChI=1S/C26H36FN5.C2H6/c1-20-17-24(10-11-26(20)27)18-32-16-8-9-25(23(32)4)22(3)30-15-7-5-6-14-29-19-31-21(2)12-13-28;1-2/h8-13,16-17,29-30H,3-7,14-15,18-19,28H2,1-2H3;1-2H3/b13-12-,31-21-;. The monoisotopic (exact) mass is 467 g/mol. The summed E-state index contributed by atoms with van der Waals surface area (Å²) in [6, 6.07) is 5.20. The predicted molar refractivity (Wildman–Crippen MR) is 145 cm³/mol. The van der Waals surface area contributed by atoms with Crippen LogP contribution in [0.25, 0.3) is 0 Å². The van der Waals surface area contributed by atoms with E-state index in [2.05, 4.69) is 33.7 Å². The SMILES string of the molecule is C=C(NCCCCCNC/N=C(C)\C=C/N)C1=CC=CN(Cc2ccc(F)c(C)c2)C1=C.CC. The van der Waals surface area contributed by atoms with Gasteiger partial charge in [0.1, 0.15) is 5.82 Å². The first-order valence-electron chi connectivity index (χ1n) is 12.0. The number of nitrogens with one attached hydrogen (secondary N) is 2. The maximum atomic E-state index is 13.5. The van der Waals surface area contributed by atoms with E-state index in [1.807, 2.05) is 51.3 Å². The van der Waals surface area contributed by atoms with Crippen molar-refractivity contribution in [3.63, 3.8) is 0 Å². The summed E-state index contributed by atoms with van der Waals surface area (Å²) in [6.45, 7) is 19.2. The molecule has 0 radical (unpaired) electrons. The summed E-state index contributed by atoms with van der Waals surface area (Å²) in [5, 5.41) is 6.73. The fraction of sp³-hybridized carbons (Fsp3) is 0.393. The number of nitrogens with two attached hydrogens (primary N) is 1. The van der Waals surface area contributed by atoms with E-state index in [0.29, 0.717) is 18.8 Å². The van der Waals surface area contributed by atoms with Crippen LogP contribution >= 0.6 is 0 Å². The Hall–Kier alpha value is -3.12. The molecule has 1 heterocycles. The molecule has 0 bridgehead atoms. The molecule has 0 unspecified atom stereocenters. The lowest BCUT2D eigenvalue weighted by Gasteiger charge is -2.28. The van der Waals surface area contributed by atoms with Gasteiger partial charge in [0.2, 0.25) is 0 Å². The van der Waals surface area contributed by atoms with Gasteiger partial charge in [0.15, 0.2) is 0 Å². The topological polar surface area (TPSA) is 65.7 Å². The van der Waals surface area contributed by atoms with Crippen molar-refractivity contribution in [2.24, 2.45) is 10.7 Å². The van der Waals surface area contributed by atoms with Crippen molar-refractivity contribution >= 4 is 5.71 Å². The average molecular weight is 468 g/mol. The lowest BCUT2D eigenvalue weighted by atomic mass is 10.0. The van der Waals surface area contributed by atoms with E-state index >= 15 is 0 Å². The maximum absolute atomic E-state index is 13.5. The van der Waals surface area contributed by atoms with Crippen molar-refractivity contribution in [1.82, 2.24) is 15.5 Å². The van der Waals surface area contributed by atoms with Gasteiger partial charge in [0.05, 0.1) is 6.67 Å². The molecular weight excluding hydrogens is 425 g/mol. The molecule has 0 saturated carbocycles. The molecule has 0 atom stereocenters. The van der Waals surface area contributed by atoms with Gasteiger partial charge in [-0.25, -0.2) is 4.39 Å². The molecule has 0 fully saturated rings. The van der Waals surface area contributed by atoms with E-state index in [9.17, 15) is 4.39 Å². The van der Waals surface area contributed by atoms with Crippen LogP contribution in [0.4, 0.5) is 4.39 Å². The number of halogens is 1. The summed E-state index contributed by atoms with van der Waals surface area (Å²) in [7, 11) is 0. The third-order valence-corrected chi connectivity index (χ3v) is 5.23. The summed E-state index contributed by atoms with van der Waals surface area (Å²) < 4.78 is 13.5. The minimum Gasteiger partial charge on any atom is -0.405 e. The number of hydrogen-bond donors (Lipinski definition) is 3. The Bertz CT molecular complexity index is 911. The summed E-state index contributed by atoms with van der Waals surface area (Å²) in [6.07, 6.45) is 12.6. The normalized spacial score (nSPS) is 13.6. The Morgan fingerprint density at radius 3 is 2.65 bits per heavy atom. The summed E-state index contributed by atoms with van der Waals surface area (Å²) in [5.41, 5.74) is 10.7. The molecule has 6 heteroatoms. The Morgan fingerprint density at radius 1 is 1.21 bits per heavy atom. The lowest BCUT2D eigenvalue weighted by Crippen LogP contribution is -2.24. The molecular formula is C28H42FN5. The van der Waals surface area contributed by atoms with Gasteiger partial charge < -0.3 is 16.0 Å². The van der Waals surface area contributed by atoms with Crippen molar-refractivity contribution in [2.45, 2.75) is 53.5 Å². The van der Waals surface area contributed by atoms with Crippen molar-refractivity contribution < 1.29 is 4.39 Å². The van der Waals surface area contributed by atoms with Crippen LogP contribution in [-0.4, -0.2) is 30.4 Å². The lowest BCUT2D eigenvalue weighted by molar-refractivity contribution is 0.463. The molecule has 1 aromatic carbocycles. The highest BCUT2D eigenvalue weighted by Crippen LogP contribution is 2.25. The van der Waals surface area contributed by atoms with E-state index in [1.165, 1.54) is 12.3 Å². The Balaban J connectivity index is 0.00000281. The summed E-state index contributed by atoms with van der Waals surface area (Å²) in [5.74, 6) is -0.181. The second-order valence-corrected chi connectivity index (χ2v) is 7.86. The molecule has 0 saturated heterocycles. The number of aliphatic imine (C=N–C) groups is 1. The van der Waals surface area contributed by atoms with Gasteiger partial charge in [0, 0.05) is 42.0 Å². The number of benzene rings is 1. The fourth-order valence-corrected chi connectivity index (χ4v) is 3.35. The highest BCUT2D eigenvalue weighted by molar-refractivity contribution is 5.92. The molecule has 2 rings (SSSR count). The van der Waals surface area contributed by atoms with Crippen molar-refractivity contribution in [3.8, 4) is 0 Å². The van der Waals surface area contributed by atoms with E-state index < -0.39 is 0 Å². The van der Waals surface area contributed by atoms with Crippen LogP contribution in [-0.2, 0) is 6.54 Å². The number of unbranched alkanes of at least 4 members (excludes halogenated alkanes) is 2. The number of aryl methyl sites for hydroxylation is 1. The first-order chi connectivity index (χ1) is 16.4. The van der Waals surface area contributed by atoms with Gasteiger partial charge in [-0.1, -0.05) is 45.6 Å². The molecule has 4 N–H and O–H groups in total. The van der Waals surface area contributed by atoms with Crippen molar-refractivity contribution in [3.05, 3.63) is 95.9 Å². The number of nitrogens with zero attached hydrogens (tertiary/aromatic N) is 2. The fourth-order valence-electron chi connectivity index (χ4n) is 3.35. The zero-order valence-corrected chi connectivity index (χ0v) is 21.3. The Labute approximate surface area is 205 Å². The zero-order chi connectivity index (χ0) is 25.3. The van der Waals surface area contributed by atoms with Crippen LogP contribution in [0.15, 0.2) is 83.9 Å². The summed E-state index contributed by atoms with van der Waals surface area (Å²) >= 11 is 0. The third kappa shape index (κ3) is 10.2. The molecule has 186 valence electrons. The molecule has 0 spiro atoms. The highest BCUT2D eigenvalue weighted by atomic mass is 19.1. The van der Waals surface area contributed by atoms with Crippen LogP contribution in [0, 0.1) is 12.7 Å². The predicted octanol–water partition coefficient (Wildman–Crippen LogP) is 5.68. The van der Waals surface area contributed by atoms with Gasteiger partial charge in [-0.3, -0.25) is 10.3 Å². The number of hydrogen-bond acceptors (Lipinski definition) is 5. The minimum atomic E-state index is -0.181. The second kappa shape index (κ2) is 16.5. The van der Waals surface area contributed by atoms with Crippen molar-refractivity contribution in [1.29, 1.82) is 0 Å². The van der Waals surface area contributed by atoms with E-state index in [4.69, 9.17) is 5.73 Å². The van der Waals surface area contributed by atoms with E-state index in [0.717, 1.165) is 60.6 Å². The number of rotatable bonds is 13. The molecule has 0 aliphatic carbocycles. The van der Waals surface area contributed by atoms with Crippen LogP contribution in [0.5, 0.6) is 0 Å². The van der Waals surface area contributed by atoms with Gasteiger partial charge in [-0.2, -0.15) is 0 Å². The second-order valence-electron chi connectivity index (χ2n) is 7.86. The average Bonchev–Trinajstić information content (AvgIpc) is 2.83. The largest absolute Gasteiger partial charge is 0.405 e. The molecule has 34 heavy (non-hydrogen) atoms. The van der Waals surface area contributed by atoms with Gasteiger partial charge in [-0.05, 0) is 74.9 Å². The molecule has 1 aliphatic rings. The van der Waals surface area contributed by atoms with Crippen LogP contribution in [0.3, 0.4) is 0 Å². The Morgan fingerprint density at radius 2 is 1.94 bits per heavy atom.